The van der Waals surface area contributed by atoms with Crippen LogP contribution in [0.2, 0.25) is 0 Å². The Balaban J connectivity index is 2.04. The molecule has 6 nitrogen and oxygen atoms in total. The van der Waals surface area contributed by atoms with Gasteiger partial charge < -0.3 is 20.4 Å². The van der Waals surface area contributed by atoms with E-state index in [2.05, 4.69) is 21.2 Å². The standard InChI is InChI=1S/C14H17BrN2O4/c1-8-7-17(5-4-12(8)18)14(21)16-11-3-2-9(13(19)20)6-10(11)15/h2-3,6,8,12,18H,4-5,7H2,1H3,(H,16,21)(H,19,20). The van der Waals surface area contributed by atoms with Crippen LogP contribution >= 0.6 is 15.9 Å². The lowest BCUT2D eigenvalue weighted by molar-refractivity contribution is 0.0506. The van der Waals surface area contributed by atoms with Gasteiger partial charge in [-0.25, -0.2) is 9.59 Å². The molecule has 2 amide bonds. The molecule has 1 fully saturated rings. The lowest BCUT2D eigenvalue weighted by Gasteiger charge is -2.34. The van der Waals surface area contributed by atoms with E-state index in [4.69, 9.17) is 5.11 Å². The third kappa shape index (κ3) is 3.74. The number of aliphatic hydroxyl groups is 1. The molecule has 1 aromatic rings. The number of benzene rings is 1. The Labute approximate surface area is 130 Å². The molecule has 1 aliphatic heterocycles. The van der Waals surface area contributed by atoms with Crippen molar-refractivity contribution in [1.82, 2.24) is 4.90 Å². The number of likely N-dealkylation sites (tertiary alicyclic amines) is 1. The average Bonchev–Trinajstić information content (AvgIpc) is 2.43. The van der Waals surface area contributed by atoms with Gasteiger partial charge in [-0.05, 0) is 46.5 Å². The fourth-order valence-electron chi connectivity index (χ4n) is 2.26. The average molecular weight is 357 g/mol. The number of halogens is 1. The van der Waals surface area contributed by atoms with E-state index in [1.807, 2.05) is 6.92 Å². The van der Waals surface area contributed by atoms with E-state index in [9.17, 15) is 14.7 Å². The highest BCUT2D eigenvalue weighted by Gasteiger charge is 2.27. The Morgan fingerprint density at radius 2 is 2.14 bits per heavy atom. The molecule has 7 heteroatoms. The molecule has 2 atom stereocenters. The van der Waals surface area contributed by atoms with Gasteiger partial charge in [0.2, 0.25) is 0 Å². The fourth-order valence-corrected chi connectivity index (χ4v) is 2.74. The molecule has 0 aromatic heterocycles. The number of carboxylic acids is 1. The molecule has 1 aromatic carbocycles. The molecular formula is C14H17BrN2O4. The van der Waals surface area contributed by atoms with Gasteiger partial charge in [0.05, 0.1) is 17.4 Å². The Hall–Kier alpha value is -1.60. The number of hydrogen-bond acceptors (Lipinski definition) is 3. The van der Waals surface area contributed by atoms with Crippen molar-refractivity contribution in [3.05, 3.63) is 28.2 Å². The van der Waals surface area contributed by atoms with E-state index in [0.29, 0.717) is 29.7 Å². The van der Waals surface area contributed by atoms with Crippen LogP contribution in [0.25, 0.3) is 0 Å². The first-order valence-corrected chi connectivity index (χ1v) is 7.44. The summed E-state index contributed by atoms with van der Waals surface area (Å²) in [6, 6.07) is 4.18. The van der Waals surface area contributed by atoms with Crippen LogP contribution in [0.3, 0.4) is 0 Å². The third-order valence-electron chi connectivity index (χ3n) is 3.60. The van der Waals surface area contributed by atoms with Gasteiger partial charge in [0.25, 0.3) is 0 Å². The van der Waals surface area contributed by atoms with Crippen molar-refractivity contribution < 1.29 is 19.8 Å². The van der Waals surface area contributed by atoms with Crippen molar-refractivity contribution in [2.75, 3.05) is 18.4 Å². The zero-order valence-corrected chi connectivity index (χ0v) is 13.1. The van der Waals surface area contributed by atoms with E-state index >= 15 is 0 Å². The Bertz CT molecular complexity index is 564. The van der Waals surface area contributed by atoms with E-state index in [-0.39, 0.29) is 23.6 Å². The van der Waals surface area contributed by atoms with Crippen molar-refractivity contribution in [2.45, 2.75) is 19.4 Å². The zero-order valence-electron chi connectivity index (χ0n) is 11.5. The first-order valence-electron chi connectivity index (χ1n) is 6.65. The summed E-state index contributed by atoms with van der Waals surface area (Å²) >= 11 is 3.25. The van der Waals surface area contributed by atoms with Crippen LogP contribution in [0, 0.1) is 5.92 Å². The molecule has 0 saturated carbocycles. The molecule has 0 aliphatic carbocycles. The lowest BCUT2D eigenvalue weighted by atomic mass is 9.97. The van der Waals surface area contributed by atoms with Crippen molar-refractivity contribution in [1.29, 1.82) is 0 Å². The summed E-state index contributed by atoms with van der Waals surface area (Å²) in [7, 11) is 0. The number of urea groups is 1. The van der Waals surface area contributed by atoms with Crippen LogP contribution in [-0.4, -0.2) is 46.3 Å². The molecule has 2 unspecified atom stereocenters. The molecule has 0 radical (unpaired) electrons. The van der Waals surface area contributed by atoms with Crippen LogP contribution < -0.4 is 5.32 Å². The van der Waals surface area contributed by atoms with Gasteiger partial charge in [-0.15, -0.1) is 0 Å². The molecule has 114 valence electrons. The van der Waals surface area contributed by atoms with Crippen molar-refractivity contribution in [3.63, 3.8) is 0 Å². The zero-order chi connectivity index (χ0) is 15.6. The Morgan fingerprint density at radius 3 is 2.71 bits per heavy atom. The summed E-state index contributed by atoms with van der Waals surface area (Å²) in [5, 5.41) is 21.3. The maximum Gasteiger partial charge on any atom is 0.335 e. The van der Waals surface area contributed by atoms with Gasteiger partial charge in [0.1, 0.15) is 0 Å². The molecular weight excluding hydrogens is 340 g/mol. The molecule has 2 rings (SSSR count). The van der Waals surface area contributed by atoms with E-state index in [1.54, 1.807) is 11.0 Å². The highest BCUT2D eigenvalue weighted by molar-refractivity contribution is 9.10. The largest absolute Gasteiger partial charge is 0.478 e. The van der Waals surface area contributed by atoms with Crippen molar-refractivity contribution >= 4 is 33.6 Å². The van der Waals surface area contributed by atoms with Crippen LogP contribution in [-0.2, 0) is 0 Å². The minimum atomic E-state index is -1.02. The van der Waals surface area contributed by atoms with Crippen LogP contribution in [0.4, 0.5) is 10.5 Å². The number of carbonyl (C=O) groups excluding carboxylic acids is 1. The second kappa shape index (κ2) is 6.44. The van der Waals surface area contributed by atoms with Crippen LogP contribution in [0.15, 0.2) is 22.7 Å². The topological polar surface area (TPSA) is 89.9 Å². The number of amides is 2. The monoisotopic (exact) mass is 356 g/mol. The SMILES string of the molecule is CC1CN(C(=O)Nc2ccc(C(=O)O)cc2Br)CCC1O. The molecule has 1 heterocycles. The van der Waals surface area contributed by atoms with Gasteiger partial charge in [0.15, 0.2) is 0 Å². The predicted octanol–water partition coefficient (Wildman–Crippen LogP) is 2.38. The number of nitrogens with one attached hydrogen (secondary N) is 1. The van der Waals surface area contributed by atoms with Gasteiger partial charge in [-0.2, -0.15) is 0 Å². The highest BCUT2D eigenvalue weighted by atomic mass is 79.9. The normalized spacial score (nSPS) is 22.0. The summed E-state index contributed by atoms with van der Waals surface area (Å²) < 4.78 is 0.515. The summed E-state index contributed by atoms with van der Waals surface area (Å²) in [4.78, 5) is 24.7. The molecule has 21 heavy (non-hydrogen) atoms. The highest BCUT2D eigenvalue weighted by Crippen LogP contribution is 2.25. The van der Waals surface area contributed by atoms with Gasteiger partial charge in [-0.1, -0.05) is 6.92 Å². The third-order valence-corrected chi connectivity index (χ3v) is 4.26. The minimum absolute atomic E-state index is 0.0438. The number of aliphatic hydroxyl groups excluding tert-OH is 1. The minimum Gasteiger partial charge on any atom is -0.478 e. The van der Waals surface area contributed by atoms with Crippen LogP contribution in [0.1, 0.15) is 23.7 Å². The molecule has 3 N–H and O–H groups in total. The number of hydrogen-bond donors (Lipinski definition) is 3. The van der Waals surface area contributed by atoms with Gasteiger partial charge in [-0.3, -0.25) is 0 Å². The second-order valence-electron chi connectivity index (χ2n) is 5.21. The van der Waals surface area contributed by atoms with Crippen molar-refractivity contribution in [3.8, 4) is 0 Å². The summed E-state index contributed by atoms with van der Waals surface area (Å²) in [6.45, 7) is 2.90. The fraction of sp³-hybridized carbons (Fsp3) is 0.429. The first-order chi connectivity index (χ1) is 9.88. The Kier molecular flexibility index (Phi) is 4.84. The maximum atomic E-state index is 12.2. The van der Waals surface area contributed by atoms with Gasteiger partial charge in [0, 0.05) is 17.6 Å². The Morgan fingerprint density at radius 1 is 1.43 bits per heavy atom. The lowest BCUT2D eigenvalue weighted by Crippen LogP contribution is -2.46. The summed E-state index contributed by atoms with van der Waals surface area (Å²) in [5.41, 5.74) is 0.665. The number of rotatable bonds is 2. The van der Waals surface area contributed by atoms with Crippen molar-refractivity contribution in [2.24, 2.45) is 5.92 Å². The van der Waals surface area contributed by atoms with E-state index < -0.39 is 5.97 Å². The number of nitrogens with zero attached hydrogens (tertiary/aromatic N) is 1. The smallest absolute Gasteiger partial charge is 0.335 e. The summed E-state index contributed by atoms with van der Waals surface area (Å²) in [5.74, 6) is -0.977. The predicted molar refractivity (Wildman–Crippen MR) is 81.5 cm³/mol. The summed E-state index contributed by atoms with van der Waals surface area (Å²) in [6.07, 6.45) is 0.198. The number of anilines is 1. The molecule has 0 spiro atoms. The quantitative estimate of drug-likeness (QED) is 0.758. The number of carboxylic acid groups (broad SMARTS) is 1. The van der Waals surface area contributed by atoms with Gasteiger partial charge >= 0.3 is 12.0 Å². The van der Waals surface area contributed by atoms with Crippen LogP contribution in [0.5, 0.6) is 0 Å². The molecule has 1 aliphatic rings. The molecule has 1 saturated heterocycles. The second-order valence-corrected chi connectivity index (χ2v) is 6.06. The van der Waals surface area contributed by atoms with E-state index in [1.165, 1.54) is 12.1 Å². The maximum absolute atomic E-state index is 12.2. The first kappa shape index (κ1) is 15.8. The van der Waals surface area contributed by atoms with E-state index in [0.717, 1.165) is 0 Å². The number of carbonyl (C=O) groups is 2. The number of aromatic carboxylic acids is 1. The number of piperidine rings is 1. The molecule has 0 bridgehead atoms.